The number of carboxylic acids is 1. The largest absolute Gasteiger partial charge is 0.478 e. The van der Waals surface area contributed by atoms with E-state index >= 15 is 0 Å². The zero-order valence-electron chi connectivity index (χ0n) is 10.7. The number of sulfonamides is 1. The molecule has 0 fully saturated rings. The third-order valence-electron chi connectivity index (χ3n) is 2.54. The fourth-order valence-corrected chi connectivity index (χ4v) is 3.03. The van der Waals surface area contributed by atoms with Crippen molar-refractivity contribution in [3.05, 3.63) is 58.7 Å². The number of halogens is 1. The molecule has 0 aliphatic heterocycles. The van der Waals surface area contributed by atoms with Crippen molar-refractivity contribution in [3.63, 3.8) is 0 Å². The molecule has 1 heterocycles. The molecule has 0 saturated heterocycles. The summed E-state index contributed by atoms with van der Waals surface area (Å²) >= 11 is 5.83. The molecule has 2 aromatic rings. The van der Waals surface area contributed by atoms with Gasteiger partial charge in [-0.2, -0.15) is 0 Å². The standard InChI is InChI=1S/C13H11ClN2O4S/c14-11-5-2-6-15-12(11)16-21(19,20)8-9-3-1-4-10(7-9)13(17)18/h1-7H,8H2,(H,15,16)(H,17,18). The predicted octanol–water partition coefficient (Wildman–Crippen LogP) is 2.38. The van der Waals surface area contributed by atoms with Gasteiger partial charge in [-0.05, 0) is 29.8 Å². The SMILES string of the molecule is O=C(O)c1cccc(CS(=O)(=O)Nc2ncccc2Cl)c1. The minimum atomic E-state index is -3.74. The van der Waals surface area contributed by atoms with Crippen molar-refractivity contribution < 1.29 is 18.3 Å². The van der Waals surface area contributed by atoms with Crippen LogP contribution in [0.3, 0.4) is 0 Å². The van der Waals surface area contributed by atoms with Crippen molar-refractivity contribution >= 4 is 33.4 Å². The highest BCUT2D eigenvalue weighted by atomic mass is 35.5. The highest BCUT2D eigenvalue weighted by Gasteiger charge is 2.15. The molecule has 0 amide bonds. The third-order valence-corrected chi connectivity index (χ3v) is 4.06. The summed E-state index contributed by atoms with van der Waals surface area (Å²) in [7, 11) is -3.74. The van der Waals surface area contributed by atoms with Crippen LogP contribution in [0.15, 0.2) is 42.6 Å². The zero-order chi connectivity index (χ0) is 15.5. The maximum Gasteiger partial charge on any atom is 0.335 e. The lowest BCUT2D eigenvalue weighted by molar-refractivity contribution is 0.0696. The second-order valence-electron chi connectivity index (χ2n) is 4.20. The van der Waals surface area contributed by atoms with E-state index in [4.69, 9.17) is 16.7 Å². The van der Waals surface area contributed by atoms with Crippen molar-refractivity contribution in [1.82, 2.24) is 4.98 Å². The van der Waals surface area contributed by atoms with Crippen LogP contribution in [0.2, 0.25) is 5.02 Å². The average Bonchev–Trinajstić information content (AvgIpc) is 2.41. The maximum absolute atomic E-state index is 12.0. The molecule has 6 nitrogen and oxygen atoms in total. The summed E-state index contributed by atoms with van der Waals surface area (Å²) in [6, 6.07) is 8.81. The van der Waals surface area contributed by atoms with E-state index in [1.807, 2.05) is 0 Å². The van der Waals surface area contributed by atoms with Crippen molar-refractivity contribution in [2.45, 2.75) is 5.75 Å². The number of anilines is 1. The maximum atomic E-state index is 12.0. The molecule has 0 unspecified atom stereocenters. The molecule has 1 aromatic carbocycles. The molecule has 0 bridgehead atoms. The van der Waals surface area contributed by atoms with E-state index < -0.39 is 16.0 Å². The van der Waals surface area contributed by atoms with Gasteiger partial charge in [0.2, 0.25) is 10.0 Å². The van der Waals surface area contributed by atoms with E-state index in [0.717, 1.165) is 0 Å². The number of hydrogen-bond donors (Lipinski definition) is 2. The normalized spacial score (nSPS) is 11.1. The minimum Gasteiger partial charge on any atom is -0.478 e. The van der Waals surface area contributed by atoms with Crippen LogP contribution in [-0.4, -0.2) is 24.5 Å². The van der Waals surface area contributed by atoms with Crippen LogP contribution in [0.1, 0.15) is 15.9 Å². The highest BCUT2D eigenvalue weighted by molar-refractivity contribution is 7.91. The zero-order valence-corrected chi connectivity index (χ0v) is 12.2. The summed E-state index contributed by atoms with van der Waals surface area (Å²) in [5.74, 6) is -1.45. The van der Waals surface area contributed by atoms with Gasteiger partial charge in [0.05, 0.1) is 16.3 Å². The molecule has 2 rings (SSSR count). The monoisotopic (exact) mass is 326 g/mol. The molecule has 21 heavy (non-hydrogen) atoms. The number of aromatic nitrogens is 1. The smallest absolute Gasteiger partial charge is 0.335 e. The number of pyridine rings is 1. The summed E-state index contributed by atoms with van der Waals surface area (Å²) in [4.78, 5) is 14.7. The number of carboxylic acid groups (broad SMARTS) is 1. The summed E-state index contributed by atoms with van der Waals surface area (Å²) in [6.45, 7) is 0. The number of hydrogen-bond acceptors (Lipinski definition) is 4. The van der Waals surface area contributed by atoms with Gasteiger partial charge in [-0.15, -0.1) is 0 Å². The first-order chi connectivity index (χ1) is 9.87. The molecular weight excluding hydrogens is 316 g/mol. The molecule has 0 atom stereocenters. The number of rotatable bonds is 5. The molecule has 1 aromatic heterocycles. The fraction of sp³-hybridized carbons (Fsp3) is 0.0769. The van der Waals surface area contributed by atoms with Crippen molar-refractivity contribution in [3.8, 4) is 0 Å². The van der Waals surface area contributed by atoms with Gasteiger partial charge in [0.25, 0.3) is 0 Å². The quantitative estimate of drug-likeness (QED) is 0.879. The Morgan fingerprint density at radius 2 is 2.05 bits per heavy atom. The first kappa shape index (κ1) is 15.3. The van der Waals surface area contributed by atoms with Crippen LogP contribution in [0, 0.1) is 0 Å². The van der Waals surface area contributed by atoms with E-state index in [2.05, 4.69) is 9.71 Å². The molecule has 0 radical (unpaired) electrons. The number of carbonyl (C=O) groups is 1. The van der Waals surface area contributed by atoms with Crippen LogP contribution in [0.4, 0.5) is 5.82 Å². The Morgan fingerprint density at radius 1 is 1.29 bits per heavy atom. The minimum absolute atomic E-state index is 0.0265. The van der Waals surface area contributed by atoms with E-state index in [-0.39, 0.29) is 22.2 Å². The topological polar surface area (TPSA) is 96.4 Å². The Kier molecular flexibility index (Phi) is 4.44. The van der Waals surface area contributed by atoms with Gasteiger partial charge < -0.3 is 5.11 Å². The lowest BCUT2D eigenvalue weighted by Crippen LogP contribution is -2.16. The van der Waals surface area contributed by atoms with Gasteiger partial charge >= 0.3 is 5.97 Å². The second kappa shape index (κ2) is 6.11. The molecule has 0 saturated carbocycles. The Hall–Kier alpha value is -2.12. The van der Waals surface area contributed by atoms with Crippen LogP contribution in [0.25, 0.3) is 0 Å². The van der Waals surface area contributed by atoms with Gasteiger partial charge in [-0.3, -0.25) is 4.72 Å². The molecule has 2 N–H and O–H groups in total. The summed E-state index contributed by atoms with van der Waals surface area (Å²) in [5.41, 5.74) is 0.382. The molecular formula is C13H11ClN2O4S. The van der Waals surface area contributed by atoms with Crippen LogP contribution in [-0.2, 0) is 15.8 Å². The summed E-state index contributed by atoms with van der Waals surface area (Å²) in [6.07, 6.45) is 1.41. The average molecular weight is 327 g/mol. The van der Waals surface area contributed by atoms with Gasteiger partial charge in [-0.1, -0.05) is 23.7 Å². The van der Waals surface area contributed by atoms with Gasteiger partial charge in [0, 0.05) is 6.20 Å². The van der Waals surface area contributed by atoms with Crippen molar-refractivity contribution in [1.29, 1.82) is 0 Å². The first-order valence-electron chi connectivity index (χ1n) is 5.80. The number of nitrogens with zero attached hydrogens (tertiary/aromatic N) is 1. The third kappa shape index (κ3) is 4.17. The molecule has 0 aliphatic rings. The van der Waals surface area contributed by atoms with E-state index in [0.29, 0.717) is 5.56 Å². The van der Waals surface area contributed by atoms with Crippen LogP contribution >= 0.6 is 11.6 Å². The van der Waals surface area contributed by atoms with Gasteiger partial charge in [-0.25, -0.2) is 18.2 Å². The Bertz CT molecular complexity index is 777. The Morgan fingerprint density at radius 3 is 2.71 bits per heavy atom. The second-order valence-corrected chi connectivity index (χ2v) is 6.33. The molecule has 8 heteroatoms. The fourth-order valence-electron chi connectivity index (χ4n) is 1.66. The van der Waals surface area contributed by atoms with E-state index in [9.17, 15) is 13.2 Å². The number of nitrogens with one attached hydrogen (secondary N) is 1. The summed E-state index contributed by atoms with van der Waals surface area (Å²) in [5, 5.41) is 9.07. The lowest BCUT2D eigenvalue weighted by atomic mass is 10.1. The number of aromatic carboxylic acids is 1. The van der Waals surface area contributed by atoms with Crippen molar-refractivity contribution in [2.24, 2.45) is 0 Å². The first-order valence-corrected chi connectivity index (χ1v) is 7.84. The lowest BCUT2D eigenvalue weighted by Gasteiger charge is -2.08. The van der Waals surface area contributed by atoms with Gasteiger partial charge in [0.15, 0.2) is 5.82 Å². The predicted molar refractivity (Wildman–Crippen MR) is 78.9 cm³/mol. The summed E-state index contributed by atoms with van der Waals surface area (Å²) < 4.78 is 26.4. The molecule has 110 valence electrons. The Labute approximate surface area is 126 Å². The molecule has 0 spiro atoms. The van der Waals surface area contributed by atoms with E-state index in [1.165, 1.54) is 36.5 Å². The van der Waals surface area contributed by atoms with Crippen molar-refractivity contribution in [2.75, 3.05) is 4.72 Å². The van der Waals surface area contributed by atoms with Crippen LogP contribution < -0.4 is 4.72 Å². The van der Waals surface area contributed by atoms with E-state index in [1.54, 1.807) is 6.07 Å². The van der Waals surface area contributed by atoms with Crippen LogP contribution in [0.5, 0.6) is 0 Å². The number of benzene rings is 1. The molecule has 0 aliphatic carbocycles. The highest BCUT2D eigenvalue weighted by Crippen LogP contribution is 2.20. The Balaban J connectivity index is 2.20. The van der Waals surface area contributed by atoms with Gasteiger partial charge in [0.1, 0.15) is 0 Å².